The normalized spacial score (nSPS) is 12.6. The molecule has 0 heterocycles. The molecule has 0 amide bonds. The highest BCUT2D eigenvalue weighted by molar-refractivity contribution is 6.46. The fraction of sp³-hybridized carbons (Fsp3) is 0.739. The minimum atomic E-state index is -1.68. The maximum atomic E-state index is 6.25. The van der Waals surface area contributed by atoms with Crippen molar-refractivity contribution >= 4 is 9.28 Å². The zero-order chi connectivity index (χ0) is 18.9. The number of hydrogen-bond acceptors (Lipinski definition) is 2. The largest absolute Gasteiger partial charge is 0.396 e. The van der Waals surface area contributed by atoms with Crippen molar-refractivity contribution in [3.05, 3.63) is 35.9 Å². The van der Waals surface area contributed by atoms with Crippen LogP contribution in [0.3, 0.4) is 0 Å². The Labute approximate surface area is 164 Å². The molecule has 0 N–H and O–H groups in total. The Balaban J connectivity index is 2.52. The summed E-state index contributed by atoms with van der Waals surface area (Å²) in [5.41, 5.74) is 1.90. The number of hydrogen-bond donors (Lipinski definition) is 0. The van der Waals surface area contributed by atoms with E-state index in [1.807, 2.05) is 0 Å². The first-order valence-electron chi connectivity index (χ1n) is 11.1. The molecule has 0 bridgehead atoms. The third kappa shape index (κ3) is 10.5. The summed E-state index contributed by atoms with van der Waals surface area (Å²) in [6.45, 7) is 8.32. The lowest BCUT2D eigenvalue weighted by molar-refractivity contribution is 0.186. The van der Waals surface area contributed by atoms with Crippen LogP contribution in [0.2, 0.25) is 0 Å². The van der Waals surface area contributed by atoms with E-state index in [0.29, 0.717) is 5.54 Å². The van der Waals surface area contributed by atoms with Crippen LogP contribution in [0.15, 0.2) is 30.3 Å². The smallest absolute Gasteiger partial charge is 0.329 e. The summed E-state index contributed by atoms with van der Waals surface area (Å²) in [7, 11) is -1.68. The molecule has 1 aromatic rings. The second-order valence-electron chi connectivity index (χ2n) is 7.39. The topological polar surface area (TPSA) is 18.5 Å². The molecule has 0 aliphatic rings. The molecular weight excluding hydrogens is 336 g/mol. The van der Waals surface area contributed by atoms with E-state index in [9.17, 15) is 0 Å². The van der Waals surface area contributed by atoms with Gasteiger partial charge in [-0.25, -0.2) is 0 Å². The van der Waals surface area contributed by atoms with Crippen LogP contribution in [0, 0.1) is 0 Å². The summed E-state index contributed by atoms with van der Waals surface area (Å²) in [5.74, 6) is 0. The van der Waals surface area contributed by atoms with Gasteiger partial charge >= 0.3 is 9.28 Å². The minimum absolute atomic E-state index is 0.481. The summed E-state index contributed by atoms with van der Waals surface area (Å²) >= 11 is 0. The van der Waals surface area contributed by atoms with Gasteiger partial charge in [-0.1, -0.05) is 102 Å². The van der Waals surface area contributed by atoms with Crippen LogP contribution in [-0.2, 0) is 8.85 Å². The van der Waals surface area contributed by atoms with E-state index >= 15 is 0 Å². The van der Waals surface area contributed by atoms with Crippen molar-refractivity contribution in [2.45, 2.75) is 96.9 Å². The molecular formula is C23H42O2Si. The van der Waals surface area contributed by atoms with Gasteiger partial charge in [0.05, 0.1) is 0 Å². The summed E-state index contributed by atoms with van der Waals surface area (Å²) in [5, 5.41) is 0. The van der Waals surface area contributed by atoms with Crippen molar-refractivity contribution in [1.29, 1.82) is 0 Å². The first kappa shape index (κ1) is 23.4. The predicted octanol–water partition coefficient (Wildman–Crippen LogP) is 6.91. The molecule has 26 heavy (non-hydrogen) atoms. The van der Waals surface area contributed by atoms with E-state index in [-0.39, 0.29) is 0 Å². The van der Waals surface area contributed by atoms with Crippen molar-refractivity contribution in [2.24, 2.45) is 0 Å². The van der Waals surface area contributed by atoms with Gasteiger partial charge in [-0.05, 0) is 24.8 Å². The second-order valence-corrected chi connectivity index (χ2v) is 9.60. The Morgan fingerprint density at radius 2 is 1.23 bits per heavy atom. The fourth-order valence-electron chi connectivity index (χ4n) is 3.41. The van der Waals surface area contributed by atoms with Crippen LogP contribution < -0.4 is 0 Å². The van der Waals surface area contributed by atoms with Crippen LogP contribution in [0.1, 0.15) is 103 Å². The highest BCUT2D eigenvalue weighted by Crippen LogP contribution is 2.27. The Bertz CT molecular complexity index is 402. The lowest BCUT2D eigenvalue weighted by Crippen LogP contribution is -2.32. The van der Waals surface area contributed by atoms with Crippen LogP contribution >= 0.6 is 0 Å². The van der Waals surface area contributed by atoms with Crippen molar-refractivity contribution in [1.82, 2.24) is 0 Å². The molecule has 0 fully saturated rings. The van der Waals surface area contributed by atoms with E-state index in [2.05, 4.69) is 51.1 Å². The van der Waals surface area contributed by atoms with Crippen molar-refractivity contribution < 1.29 is 8.85 Å². The Morgan fingerprint density at radius 1 is 0.692 bits per heavy atom. The monoisotopic (exact) mass is 378 g/mol. The van der Waals surface area contributed by atoms with Gasteiger partial charge in [0.1, 0.15) is 0 Å². The average molecular weight is 379 g/mol. The van der Waals surface area contributed by atoms with E-state index in [1.54, 1.807) is 0 Å². The van der Waals surface area contributed by atoms with Gasteiger partial charge in [-0.2, -0.15) is 0 Å². The SMILES string of the molecule is CCCCCCCCCCC(c1ccccc1)[SiH](OCCC)OCCC. The lowest BCUT2D eigenvalue weighted by atomic mass is 10.0. The van der Waals surface area contributed by atoms with E-state index < -0.39 is 9.28 Å². The van der Waals surface area contributed by atoms with Crippen LogP contribution in [0.5, 0.6) is 0 Å². The molecule has 1 atom stereocenters. The Kier molecular flexibility index (Phi) is 14.9. The molecule has 0 radical (unpaired) electrons. The molecule has 0 aliphatic carbocycles. The maximum absolute atomic E-state index is 6.25. The molecule has 0 spiro atoms. The third-order valence-corrected chi connectivity index (χ3v) is 7.40. The molecule has 1 aromatic carbocycles. The zero-order valence-electron chi connectivity index (χ0n) is 17.6. The molecule has 2 nitrogen and oxygen atoms in total. The first-order valence-corrected chi connectivity index (χ1v) is 12.7. The molecule has 3 heteroatoms. The van der Waals surface area contributed by atoms with E-state index in [1.165, 1.54) is 63.4 Å². The standard InChI is InChI=1S/C23H42O2Si/c1-4-7-8-9-10-11-12-16-19-23(22-17-14-13-15-18-22)26(24-20-5-2)25-21-6-3/h13-15,17-18,23,26H,4-12,16,19-21H2,1-3H3. The second kappa shape index (κ2) is 16.5. The summed E-state index contributed by atoms with van der Waals surface area (Å²) < 4.78 is 12.5. The van der Waals surface area contributed by atoms with Crippen LogP contribution in [0.25, 0.3) is 0 Å². The lowest BCUT2D eigenvalue weighted by Gasteiger charge is -2.26. The molecule has 0 aromatic heterocycles. The van der Waals surface area contributed by atoms with Gasteiger partial charge in [-0.3, -0.25) is 0 Å². The first-order chi connectivity index (χ1) is 12.8. The highest BCUT2D eigenvalue weighted by atomic mass is 28.3. The van der Waals surface area contributed by atoms with Crippen molar-refractivity contribution in [2.75, 3.05) is 13.2 Å². The molecule has 0 saturated carbocycles. The van der Waals surface area contributed by atoms with Gasteiger partial charge in [0.15, 0.2) is 0 Å². The number of unbranched alkanes of at least 4 members (excludes halogenated alkanes) is 7. The quantitative estimate of drug-likeness (QED) is 0.216. The van der Waals surface area contributed by atoms with Crippen LogP contribution in [0.4, 0.5) is 0 Å². The highest BCUT2D eigenvalue weighted by Gasteiger charge is 2.27. The molecule has 0 aliphatic heterocycles. The van der Waals surface area contributed by atoms with Crippen molar-refractivity contribution in [3.63, 3.8) is 0 Å². The summed E-state index contributed by atoms with van der Waals surface area (Å²) in [6.07, 6.45) is 14.3. The summed E-state index contributed by atoms with van der Waals surface area (Å²) in [4.78, 5) is 0. The fourth-order valence-corrected chi connectivity index (χ4v) is 5.95. The maximum Gasteiger partial charge on any atom is 0.329 e. The van der Waals surface area contributed by atoms with Crippen molar-refractivity contribution in [3.8, 4) is 0 Å². The van der Waals surface area contributed by atoms with Gasteiger partial charge in [0.25, 0.3) is 0 Å². The third-order valence-electron chi connectivity index (χ3n) is 4.90. The van der Waals surface area contributed by atoms with Gasteiger partial charge in [0, 0.05) is 18.8 Å². The minimum Gasteiger partial charge on any atom is -0.396 e. The molecule has 1 rings (SSSR count). The number of benzene rings is 1. The molecule has 150 valence electrons. The van der Waals surface area contributed by atoms with Gasteiger partial charge < -0.3 is 8.85 Å². The van der Waals surface area contributed by atoms with E-state index in [0.717, 1.165) is 26.1 Å². The molecule has 1 unspecified atom stereocenters. The predicted molar refractivity (Wildman–Crippen MR) is 116 cm³/mol. The zero-order valence-corrected chi connectivity index (χ0v) is 18.7. The van der Waals surface area contributed by atoms with E-state index in [4.69, 9.17) is 8.85 Å². The summed E-state index contributed by atoms with van der Waals surface area (Å²) in [6, 6.07) is 10.9. The molecule has 0 saturated heterocycles. The Hall–Kier alpha value is -0.643. The van der Waals surface area contributed by atoms with Gasteiger partial charge in [0.2, 0.25) is 0 Å². The van der Waals surface area contributed by atoms with Gasteiger partial charge in [-0.15, -0.1) is 0 Å². The number of rotatable bonds is 17. The average Bonchev–Trinajstić information content (AvgIpc) is 2.68. The van der Waals surface area contributed by atoms with Crippen LogP contribution in [-0.4, -0.2) is 22.5 Å². The Morgan fingerprint density at radius 3 is 1.77 bits per heavy atom.